The van der Waals surface area contributed by atoms with Crippen molar-refractivity contribution >= 4 is 18.3 Å². The number of aromatic amines is 1. The molecule has 0 bridgehead atoms. The second-order valence-corrected chi connectivity index (χ2v) is 5.76. The predicted octanol–water partition coefficient (Wildman–Crippen LogP) is 0.0340. The fourth-order valence-corrected chi connectivity index (χ4v) is 2.75. The van der Waals surface area contributed by atoms with Gasteiger partial charge < -0.3 is 10.6 Å². The molecule has 1 fully saturated rings. The minimum atomic E-state index is -0.0328. The number of H-pyrrole nitrogens is 1. The molecule has 10 heteroatoms. The van der Waals surface area contributed by atoms with E-state index in [2.05, 4.69) is 36.4 Å². The molecule has 9 nitrogen and oxygen atoms in total. The summed E-state index contributed by atoms with van der Waals surface area (Å²) in [5.74, 6) is 1.09. The molecule has 1 amide bonds. The largest absolute Gasteiger partial charge is 0.354 e. The second-order valence-electron chi connectivity index (χ2n) is 5.76. The third kappa shape index (κ3) is 5.27. The van der Waals surface area contributed by atoms with Crippen molar-refractivity contribution in [2.24, 2.45) is 0 Å². The van der Waals surface area contributed by atoms with Crippen LogP contribution in [0.5, 0.6) is 0 Å². The van der Waals surface area contributed by atoms with Crippen LogP contribution in [0.2, 0.25) is 0 Å². The maximum Gasteiger partial charge on any atom is 0.241 e. The van der Waals surface area contributed by atoms with Crippen LogP contribution in [-0.4, -0.2) is 55.9 Å². The van der Waals surface area contributed by atoms with Crippen molar-refractivity contribution in [2.45, 2.75) is 38.1 Å². The van der Waals surface area contributed by atoms with Gasteiger partial charge in [-0.05, 0) is 31.9 Å². The Hall–Kier alpha value is -2.00. The van der Waals surface area contributed by atoms with Crippen LogP contribution in [-0.2, 0) is 17.8 Å². The SMILES string of the molecule is Cl.O=C(Cn1ccc(C2CCCNC2)n1)NCCCc1nn[nH]n1. The number of carbonyl (C=O) groups is 1. The lowest BCUT2D eigenvalue weighted by molar-refractivity contribution is -0.121. The number of halogens is 1. The van der Waals surface area contributed by atoms with Crippen LogP contribution in [0.4, 0.5) is 0 Å². The van der Waals surface area contributed by atoms with Gasteiger partial charge in [-0.15, -0.1) is 22.6 Å². The Kier molecular flexibility index (Phi) is 7.13. The van der Waals surface area contributed by atoms with Gasteiger partial charge in [0.25, 0.3) is 0 Å². The van der Waals surface area contributed by atoms with Gasteiger partial charge in [-0.25, -0.2) is 0 Å². The quantitative estimate of drug-likeness (QED) is 0.605. The topological polar surface area (TPSA) is 113 Å². The zero-order chi connectivity index (χ0) is 15.9. The summed E-state index contributed by atoms with van der Waals surface area (Å²) in [6, 6.07) is 2.02. The molecule has 0 saturated carbocycles. The highest BCUT2D eigenvalue weighted by molar-refractivity contribution is 5.85. The van der Waals surface area contributed by atoms with E-state index in [4.69, 9.17) is 0 Å². The third-order valence-electron chi connectivity index (χ3n) is 3.97. The number of nitrogens with one attached hydrogen (secondary N) is 3. The van der Waals surface area contributed by atoms with Gasteiger partial charge in [0.2, 0.25) is 5.91 Å². The molecule has 0 spiro atoms. The second kappa shape index (κ2) is 9.33. The molecule has 1 aliphatic heterocycles. The van der Waals surface area contributed by atoms with E-state index in [1.165, 1.54) is 6.42 Å². The van der Waals surface area contributed by atoms with Crippen molar-refractivity contribution in [1.29, 1.82) is 0 Å². The summed E-state index contributed by atoms with van der Waals surface area (Å²) in [5, 5.41) is 24.4. The van der Waals surface area contributed by atoms with Crippen molar-refractivity contribution in [3.8, 4) is 0 Å². The number of aromatic nitrogens is 6. The highest BCUT2D eigenvalue weighted by atomic mass is 35.5. The third-order valence-corrected chi connectivity index (χ3v) is 3.97. The first-order valence-corrected chi connectivity index (χ1v) is 8.04. The Labute approximate surface area is 146 Å². The molecule has 3 rings (SSSR count). The van der Waals surface area contributed by atoms with Crippen molar-refractivity contribution in [2.75, 3.05) is 19.6 Å². The molecular weight excluding hydrogens is 332 g/mol. The van der Waals surface area contributed by atoms with Gasteiger partial charge in [0.15, 0.2) is 5.82 Å². The van der Waals surface area contributed by atoms with E-state index in [1.54, 1.807) is 4.68 Å². The summed E-state index contributed by atoms with van der Waals surface area (Å²) in [7, 11) is 0. The van der Waals surface area contributed by atoms with Crippen LogP contribution in [0.15, 0.2) is 12.3 Å². The number of hydrogen-bond donors (Lipinski definition) is 3. The number of nitrogens with zero attached hydrogens (tertiary/aromatic N) is 5. The van der Waals surface area contributed by atoms with Crippen LogP contribution in [0.1, 0.15) is 36.7 Å². The van der Waals surface area contributed by atoms with Gasteiger partial charge in [0.1, 0.15) is 6.54 Å². The van der Waals surface area contributed by atoms with Crippen LogP contribution < -0.4 is 10.6 Å². The minimum absolute atomic E-state index is 0. The molecule has 0 radical (unpaired) electrons. The zero-order valence-corrected chi connectivity index (χ0v) is 14.3. The fraction of sp³-hybridized carbons (Fsp3) is 0.643. The summed E-state index contributed by atoms with van der Waals surface area (Å²) >= 11 is 0. The number of hydrogen-bond acceptors (Lipinski definition) is 6. The molecule has 0 aliphatic carbocycles. The smallest absolute Gasteiger partial charge is 0.241 e. The van der Waals surface area contributed by atoms with E-state index in [0.29, 0.717) is 24.7 Å². The Morgan fingerprint density at radius 1 is 1.46 bits per heavy atom. The first-order chi connectivity index (χ1) is 11.3. The van der Waals surface area contributed by atoms with E-state index in [9.17, 15) is 4.79 Å². The molecule has 1 atom stereocenters. The van der Waals surface area contributed by atoms with Crippen molar-refractivity contribution < 1.29 is 4.79 Å². The number of piperidine rings is 1. The molecule has 3 heterocycles. The van der Waals surface area contributed by atoms with Crippen LogP contribution >= 0.6 is 12.4 Å². The number of amides is 1. The molecule has 0 aromatic carbocycles. The van der Waals surface area contributed by atoms with Crippen LogP contribution in [0, 0.1) is 0 Å². The van der Waals surface area contributed by atoms with Gasteiger partial charge in [0.05, 0.1) is 5.69 Å². The minimum Gasteiger partial charge on any atom is -0.354 e. The molecule has 1 aliphatic rings. The number of rotatable bonds is 7. The number of aryl methyl sites for hydroxylation is 1. The average molecular weight is 355 g/mol. The van der Waals surface area contributed by atoms with Gasteiger partial charge in [-0.2, -0.15) is 10.3 Å². The standard InChI is InChI=1S/C14H22N8O.ClH/c23-14(16-7-2-4-13-17-20-21-18-13)10-22-8-5-12(19-22)11-3-1-6-15-9-11;/h5,8,11,15H,1-4,6-7,9-10H2,(H,16,23)(H,17,18,20,21);1H. The highest BCUT2D eigenvalue weighted by Gasteiger charge is 2.17. The summed E-state index contributed by atoms with van der Waals surface area (Å²) in [6.07, 6.45) is 5.69. The molecule has 2 aromatic rings. The maximum atomic E-state index is 11.9. The molecule has 1 saturated heterocycles. The van der Waals surface area contributed by atoms with E-state index >= 15 is 0 Å². The Morgan fingerprint density at radius 3 is 3.12 bits per heavy atom. The van der Waals surface area contributed by atoms with Crippen molar-refractivity contribution in [3.63, 3.8) is 0 Å². The molecule has 2 aromatic heterocycles. The summed E-state index contributed by atoms with van der Waals surface area (Å²) in [6.45, 7) is 2.90. The number of carbonyl (C=O) groups excluding carboxylic acids is 1. The lowest BCUT2D eigenvalue weighted by Crippen LogP contribution is -2.30. The number of tetrazole rings is 1. The molecular formula is C14H23ClN8O. The Bertz CT molecular complexity index is 608. The van der Waals surface area contributed by atoms with Gasteiger partial charge in [0, 0.05) is 31.6 Å². The van der Waals surface area contributed by atoms with E-state index in [1.807, 2.05) is 12.3 Å². The summed E-state index contributed by atoms with van der Waals surface area (Å²) < 4.78 is 1.71. The zero-order valence-electron chi connectivity index (χ0n) is 13.4. The average Bonchev–Trinajstić information content (AvgIpc) is 3.24. The Morgan fingerprint density at radius 2 is 2.38 bits per heavy atom. The summed E-state index contributed by atoms with van der Waals surface area (Å²) in [5.41, 5.74) is 1.07. The maximum absolute atomic E-state index is 11.9. The molecule has 1 unspecified atom stereocenters. The first kappa shape index (κ1) is 18.3. The van der Waals surface area contributed by atoms with Crippen molar-refractivity contribution in [1.82, 2.24) is 41.0 Å². The van der Waals surface area contributed by atoms with E-state index < -0.39 is 0 Å². The predicted molar refractivity (Wildman–Crippen MR) is 89.8 cm³/mol. The fourth-order valence-electron chi connectivity index (χ4n) is 2.75. The van der Waals surface area contributed by atoms with E-state index in [-0.39, 0.29) is 24.9 Å². The van der Waals surface area contributed by atoms with Gasteiger partial charge >= 0.3 is 0 Å². The summed E-state index contributed by atoms with van der Waals surface area (Å²) in [4.78, 5) is 11.9. The first-order valence-electron chi connectivity index (χ1n) is 8.04. The Balaban J connectivity index is 0.00000208. The van der Waals surface area contributed by atoms with Crippen LogP contribution in [0.25, 0.3) is 0 Å². The van der Waals surface area contributed by atoms with Gasteiger partial charge in [-0.3, -0.25) is 9.48 Å². The lowest BCUT2D eigenvalue weighted by atomic mass is 9.97. The van der Waals surface area contributed by atoms with Crippen LogP contribution in [0.3, 0.4) is 0 Å². The molecule has 24 heavy (non-hydrogen) atoms. The van der Waals surface area contributed by atoms with Gasteiger partial charge in [-0.1, -0.05) is 5.21 Å². The normalized spacial score (nSPS) is 17.2. The lowest BCUT2D eigenvalue weighted by Gasteiger charge is -2.20. The molecule has 132 valence electrons. The van der Waals surface area contributed by atoms with Crippen molar-refractivity contribution in [3.05, 3.63) is 23.8 Å². The monoisotopic (exact) mass is 354 g/mol. The van der Waals surface area contributed by atoms with E-state index in [0.717, 1.165) is 31.6 Å². The molecule has 3 N–H and O–H groups in total. The highest BCUT2D eigenvalue weighted by Crippen LogP contribution is 2.21.